The van der Waals surface area contributed by atoms with Gasteiger partial charge in [-0.1, -0.05) is 6.07 Å². The zero-order valence-corrected chi connectivity index (χ0v) is 11.7. The van der Waals surface area contributed by atoms with Crippen molar-refractivity contribution in [1.82, 2.24) is 5.32 Å². The molecule has 3 nitrogen and oxygen atoms in total. The third-order valence-corrected chi connectivity index (χ3v) is 3.63. The number of rotatable bonds is 4. The largest absolute Gasteiger partial charge is 0.385 e. The first-order valence-electron chi connectivity index (χ1n) is 6.81. The summed E-state index contributed by atoms with van der Waals surface area (Å²) < 4.78 is 5.69. The highest BCUT2D eigenvalue weighted by atomic mass is 16.5. The first-order chi connectivity index (χ1) is 8.66. The predicted molar refractivity (Wildman–Crippen MR) is 76.4 cm³/mol. The van der Waals surface area contributed by atoms with Crippen molar-refractivity contribution < 1.29 is 4.74 Å². The Morgan fingerprint density at radius 1 is 1.22 bits per heavy atom. The summed E-state index contributed by atoms with van der Waals surface area (Å²) in [6, 6.07) is 4.49. The lowest BCUT2D eigenvalue weighted by Gasteiger charge is -2.24. The average Bonchev–Trinajstić information content (AvgIpc) is 2.37. The van der Waals surface area contributed by atoms with Gasteiger partial charge in [0.05, 0.1) is 12.7 Å². The van der Waals surface area contributed by atoms with Gasteiger partial charge < -0.3 is 15.4 Å². The molecule has 1 aromatic carbocycles. The van der Waals surface area contributed by atoms with Crippen LogP contribution in [0.3, 0.4) is 0 Å². The molecule has 0 amide bonds. The van der Waals surface area contributed by atoms with Gasteiger partial charge in [-0.15, -0.1) is 0 Å². The minimum atomic E-state index is 0.359. The molecule has 0 radical (unpaired) electrons. The van der Waals surface area contributed by atoms with Crippen LogP contribution in [0, 0.1) is 20.8 Å². The van der Waals surface area contributed by atoms with Gasteiger partial charge in [-0.2, -0.15) is 0 Å². The van der Waals surface area contributed by atoms with Gasteiger partial charge in [0, 0.05) is 25.3 Å². The number of anilines is 1. The van der Waals surface area contributed by atoms with E-state index in [4.69, 9.17) is 4.74 Å². The molecule has 0 saturated carbocycles. The molecule has 1 atom stereocenters. The maximum absolute atomic E-state index is 5.69. The number of aryl methyl sites for hydroxylation is 3. The molecule has 1 saturated heterocycles. The maximum atomic E-state index is 5.69. The van der Waals surface area contributed by atoms with E-state index in [1.54, 1.807) is 0 Å². The normalized spacial score (nSPS) is 19.8. The molecule has 1 heterocycles. The number of morpholine rings is 1. The molecule has 0 aliphatic carbocycles. The molecule has 1 aromatic rings. The van der Waals surface area contributed by atoms with Gasteiger partial charge in [-0.05, 0) is 49.9 Å². The second-order valence-corrected chi connectivity index (χ2v) is 5.16. The molecule has 2 rings (SSSR count). The SMILES string of the molecule is Cc1cc(C)c(NCCC2CNCCO2)cc1C. The number of nitrogens with one attached hydrogen (secondary N) is 2. The van der Waals surface area contributed by atoms with Crippen molar-refractivity contribution in [2.75, 3.05) is 31.6 Å². The Balaban J connectivity index is 1.84. The topological polar surface area (TPSA) is 33.3 Å². The van der Waals surface area contributed by atoms with E-state index in [0.717, 1.165) is 32.7 Å². The van der Waals surface area contributed by atoms with Crippen LogP contribution in [0.5, 0.6) is 0 Å². The minimum Gasteiger partial charge on any atom is -0.385 e. The number of benzene rings is 1. The lowest BCUT2D eigenvalue weighted by molar-refractivity contribution is 0.0258. The Bertz CT molecular complexity index is 398. The van der Waals surface area contributed by atoms with E-state index in [0.29, 0.717) is 6.10 Å². The van der Waals surface area contributed by atoms with Crippen LogP contribution >= 0.6 is 0 Å². The van der Waals surface area contributed by atoms with Crippen LogP contribution in [-0.2, 0) is 4.74 Å². The third kappa shape index (κ3) is 3.47. The van der Waals surface area contributed by atoms with Crippen LogP contribution in [0.1, 0.15) is 23.1 Å². The van der Waals surface area contributed by atoms with E-state index in [-0.39, 0.29) is 0 Å². The Labute approximate surface area is 110 Å². The molecule has 2 N–H and O–H groups in total. The minimum absolute atomic E-state index is 0.359. The van der Waals surface area contributed by atoms with E-state index in [9.17, 15) is 0 Å². The zero-order chi connectivity index (χ0) is 13.0. The first-order valence-corrected chi connectivity index (χ1v) is 6.81. The van der Waals surface area contributed by atoms with Crippen molar-refractivity contribution in [1.29, 1.82) is 0 Å². The Kier molecular flexibility index (Phi) is 4.61. The fraction of sp³-hybridized carbons (Fsp3) is 0.600. The fourth-order valence-corrected chi connectivity index (χ4v) is 2.32. The van der Waals surface area contributed by atoms with Gasteiger partial charge in [0.25, 0.3) is 0 Å². The first kappa shape index (κ1) is 13.4. The molecule has 0 bridgehead atoms. The smallest absolute Gasteiger partial charge is 0.0716 e. The summed E-state index contributed by atoms with van der Waals surface area (Å²) in [7, 11) is 0. The van der Waals surface area contributed by atoms with Gasteiger partial charge >= 0.3 is 0 Å². The summed E-state index contributed by atoms with van der Waals surface area (Å²) in [4.78, 5) is 0. The summed E-state index contributed by atoms with van der Waals surface area (Å²) in [5.74, 6) is 0. The molecule has 1 aliphatic rings. The fourth-order valence-electron chi connectivity index (χ4n) is 2.32. The van der Waals surface area contributed by atoms with Crippen LogP contribution in [0.25, 0.3) is 0 Å². The van der Waals surface area contributed by atoms with E-state index < -0.39 is 0 Å². The van der Waals surface area contributed by atoms with Crippen LogP contribution in [0.2, 0.25) is 0 Å². The summed E-state index contributed by atoms with van der Waals surface area (Å²) in [5, 5.41) is 6.88. The van der Waals surface area contributed by atoms with Crippen molar-refractivity contribution in [3.05, 3.63) is 28.8 Å². The highest BCUT2D eigenvalue weighted by molar-refractivity contribution is 5.54. The molecule has 1 fully saturated rings. The lowest BCUT2D eigenvalue weighted by Crippen LogP contribution is -2.39. The summed E-state index contributed by atoms with van der Waals surface area (Å²) >= 11 is 0. The Morgan fingerprint density at radius 3 is 2.72 bits per heavy atom. The second kappa shape index (κ2) is 6.21. The van der Waals surface area contributed by atoms with E-state index >= 15 is 0 Å². The quantitative estimate of drug-likeness (QED) is 0.858. The van der Waals surface area contributed by atoms with E-state index in [2.05, 4.69) is 43.5 Å². The van der Waals surface area contributed by atoms with Crippen LogP contribution in [-0.4, -0.2) is 32.3 Å². The number of ether oxygens (including phenoxy) is 1. The van der Waals surface area contributed by atoms with Gasteiger partial charge in [-0.25, -0.2) is 0 Å². The standard InChI is InChI=1S/C15H24N2O/c1-11-8-13(3)15(9-12(11)2)17-5-4-14-10-16-6-7-18-14/h8-9,14,16-17H,4-7,10H2,1-3H3. The monoisotopic (exact) mass is 248 g/mol. The Hall–Kier alpha value is -1.06. The maximum Gasteiger partial charge on any atom is 0.0716 e. The third-order valence-electron chi connectivity index (χ3n) is 3.63. The van der Waals surface area contributed by atoms with Crippen molar-refractivity contribution >= 4 is 5.69 Å². The highest BCUT2D eigenvalue weighted by Crippen LogP contribution is 2.20. The summed E-state index contributed by atoms with van der Waals surface area (Å²) in [6.07, 6.45) is 1.41. The molecule has 1 aliphatic heterocycles. The number of hydrogen-bond donors (Lipinski definition) is 2. The average molecular weight is 248 g/mol. The van der Waals surface area contributed by atoms with E-state index in [1.165, 1.54) is 22.4 Å². The summed E-state index contributed by atoms with van der Waals surface area (Å²) in [6.45, 7) is 10.3. The molecule has 100 valence electrons. The molecule has 1 unspecified atom stereocenters. The predicted octanol–water partition coefficient (Wildman–Crippen LogP) is 2.40. The van der Waals surface area contributed by atoms with Crippen LogP contribution < -0.4 is 10.6 Å². The molecular formula is C15H24N2O. The second-order valence-electron chi connectivity index (χ2n) is 5.16. The van der Waals surface area contributed by atoms with Crippen molar-refractivity contribution in [2.24, 2.45) is 0 Å². The molecule has 18 heavy (non-hydrogen) atoms. The highest BCUT2D eigenvalue weighted by Gasteiger charge is 2.12. The molecule has 3 heteroatoms. The number of hydrogen-bond acceptors (Lipinski definition) is 3. The van der Waals surface area contributed by atoms with Crippen molar-refractivity contribution in [3.63, 3.8) is 0 Å². The summed E-state index contributed by atoms with van der Waals surface area (Å²) in [5.41, 5.74) is 5.28. The lowest BCUT2D eigenvalue weighted by atomic mass is 10.0. The van der Waals surface area contributed by atoms with Crippen molar-refractivity contribution in [2.45, 2.75) is 33.3 Å². The molecular weight excluding hydrogens is 224 g/mol. The van der Waals surface area contributed by atoms with Gasteiger partial charge in [-0.3, -0.25) is 0 Å². The molecule has 0 aromatic heterocycles. The van der Waals surface area contributed by atoms with E-state index in [1.807, 2.05) is 0 Å². The van der Waals surface area contributed by atoms with Crippen LogP contribution in [0.4, 0.5) is 5.69 Å². The van der Waals surface area contributed by atoms with Crippen molar-refractivity contribution in [3.8, 4) is 0 Å². The van der Waals surface area contributed by atoms with Gasteiger partial charge in [0.2, 0.25) is 0 Å². The van der Waals surface area contributed by atoms with Gasteiger partial charge in [0.15, 0.2) is 0 Å². The Morgan fingerprint density at radius 2 is 2.00 bits per heavy atom. The van der Waals surface area contributed by atoms with Crippen LogP contribution in [0.15, 0.2) is 12.1 Å². The molecule has 0 spiro atoms. The zero-order valence-electron chi connectivity index (χ0n) is 11.7. The van der Waals surface area contributed by atoms with Gasteiger partial charge in [0.1, 0.15) is 0 Å².